The Morgan fingerprint density at radius 3 is 2.50 bits per heavy atom. The van der Waals surface area contributed by atoms with Gasteiger partial charge in [-0.2, -0.15) is 0 Å². The number of halogens is 2. The summed E-state index contributed by atoms with van der Waals surface area (Å²) in [5.74, 6) is -0.616. The molecule has 1 fully saturated rings. The van der Waals surface area contributed by atoms with E-state index in [0.29, 0.717) is 33.1 Å². The fourth-order valence-electron chi connectivity index (χ4n) is 3.06. The SMILES string of the molecule is CN1C(=O)/C(=C/c2ccc(OCc3ccc(I)cc3)c(Cl)c2)SC1=Nc1ccc(C(=O)O)cc1. The van der Waals surface area contributed by atoms with Crippen LogP contribution in [-0.2, 0) is 11.4 Å². The molecule has 4 rings (SSSR count). The fraction of sp³-hybridized carbons (Fsp3) is 0.0800. The predicted molar refractivity (Wildman–Crippen MR) is 144 cm³/mol. The zero-order chi connectivity index (χ0) is 24.2. The van der Waals surface area contributed by atoms with Gasteiger partial charge in [-0.3, -0.25) is 9.69 Å². The molecule has 0 aliphatic carbocycles. The van der Waals surface area contributed by atoms with Crippen molar-refractivity contribution in [2.45, 2.75) is 6.61 Å². The summed E-state index contributed by atoms with van der Waals surface area (Å²) in [6.45, 7) is 0.406. The summed E-state index contributed by atoms with van der Waals surface area (Å²) in [6.07, 6.45) is 1.76. The first-order chi connectivity index (χ1) is 16.3. The Bertz CT molecular complexity index is 1310. The molecule has 1 amide bonds. The zero-order valence-corrected chi connectivity index (χ0v) is 21.6. The van der Waals surface area contributed by atoms with Crippen LogP contribution in [0.25, 0.3) is 6.08 Å². The molecule has 172 valence electrons. The van der Waals surface area contributed by atoms with E-state index in [0.717, 1.165) is 14.7 Å². The molecule has 1 N–H and O–H groups in total. The average molecular weight is 605 g/mol. The molecule has 6 nitrogen and oxygen atoms in total. The van der Waals surface area contributed by atoms with E-state index in [1.807, 2.05) is 30.3 Å². The summed E-state index contributed by atoms with van der Waals surface area (Å²) in [5.41, 5.74) is 2.55. The number of hydrogen-bond acceptors (Lipinski definition) is 5. The maximum atomic E-state index is 12.7. The van der Waals surface area contributed by atoms with E-state index in [1.54, 1.807) is 37.4 Å². The Balaban J connectivity index is 1.47. The van der Waals surface area contributed by atoms with Crippen LogP contribution in [0.1, 0.15) is 21.5 Å². The minimum absolute atomic E-state index is 0.177. The number of amidine groups is 1. The van der Waals surface area contributed by atoms with Crippen LogP contribution >= 0.6 is 46.0 Å². The standard InChI is InChI=1S/C25H18ClIN2O4S/c1-29-23(30)22(34-25(29)28-19-9-5-17(6-10-19)24(31)32)13-16-4-11-21(20(26)12-16)33-14-15-2-7-18(27)8-3-15/h2-13H,14H2,1H3,(H,31,32)/b22-13-,28-25?. The van der Waals surface area contributed by atoms with Crippen LogP contribution in [0.5, 0.6) is 5.75 Å². The third-order valence-corrected chi connectivity index (χ3v) is 6.98. The fourth-order valence-corrected chi connectivity index (χ4v) is 4.65. The highest BCUT2D eigenvalue weighted by molar-refractivity contribution is 14.1. The van der Waals surface area contributed by atoms with Gasteiger partial charge in [-0.1, -0.05) is 29.8 Å². The Labute approximate surface area is 219 Å². The lowest BCUT2D eigenvalue weighted by Crippen LogP contribution is -2.23. The monoisotopic (exact) mass is 604 g/mol. The normalized spacial score (nSPS) is 15.9. The van der Waals surface area contributed by atoms with Crippen molar-refractivity contribution in [3.8, 4) is 5.75 Å². The second-order valence-corrected chi connectivity index (χ2v) is 9.99. The van der Waals surface area contributed by atoms with Crippen molar-refractivity contribution in [1.29, 1.82) is 0 Å². The number of ether oxygens (including phenoxy) is 1. The number of amides is 1. The maximum Gasteiger partial charge on any atom is 0.335 e. The van der Waals surface area contributed by atoms with Gasteiger partial charge in [-0.05, 0) is 100 Å². The second kappa shape index (κ2) is 10.6. The molecule has 1 aliphatic heterocycles. The number of carbonyl (C=O) groups is 2. The van der Waals surface area contributed by atoms with E-state index in [1.165, 1.54) is 28.8 Å². The Kier molecular flexibility index (Phi) is 7.60. The quantitative estimate of drug-likeness (QED) is 0.258. The number of aliphatic imine (C=N–C) groups is 1. The lowest BCUT2D eigenvalue weighted by molar-refractivity contribution is -0.121. The zero-order valence-electron chi connectivity index (χ0n) is 17.9. The van der Waals surface area contributed by atoms with Crippen LogP contribution in [0.2, 0.25) is 5.02 Å². The van der Waals surface area contributed by atoms with Crippen molar-refractivity contribution in [2.75, 3.05) is 7.05 Å². The highest BCUT2D eigenvalue weighted by Crippen LogP contribution is 2.34. The van der Waals surface area contributed by atoms with Crippen molar-refractivity contribution in [2.24, 2.45) is 4.99 Å². The molecule has 0 saturated carbocycles. The first kappa shape index (κ1) is 24.3. The molecular formula is C25H18ClIN2O4S. The summed E-state index contributed by atoms with van der Waals surface area (Å²) in [6, 6.07) is 19.6. The number of aromatic carboxylic acids is 1. The van der Waals surface area contributed by atoms with Gasteiger partial charge in [0.25, 0.3) is 5.91 Å². The van der Waals surface area contributed by atoms with Crippen molar-refractivity contribution in [1.82, 2.24) is 4.90 Å². The number of rotatable bonds is 6. The number of carbonyl (C=O) groups excluding carboxylic acids is 1. The minimum atomic E-state index is -1.00. The minimum Gasteiger partial charge on any atom is -0.487 e. The number of carboxylic acids is 1. The van der Waals surface area contributed by atoms with Crippen LogP contribution < -0.4 is 4.74 Å². The molecule has 3 aromatic carbocycles. The number of thioether (sulfide) groups is 1. The first-order valence-corrected chi connectivity index (χ1v) is 12.3. The molecule has 0 aromatic heterocycles. The highest BCUT2D eigenvalue weighted by Gasteiger charge is 2.30. The summed E-state index contributed by atoms with van der Waals surface area (Å²) in [5, 5.41) is 9.98. The van der Waals surface area contributed by atoms with Crippen molar-refractivity contribution in [3.63, 3.8) is 0 Å². The van der Waals surface area contributed by atoms with Crippen molar-refractivity contribution >= 4 is 74.8 Å². The molecule has 1 aliphatic rings. The van der Waals surface area contributed by atoms with Gasteiger partial charge in [0.1, 0.15) is 12.4 Å². The predicted octanol–water partition coefficient (Wildman–Crippen LogP) is 6.46. The first-order valence-electron chi connectivity index (χ1n) is 10.1. The van der Waals surface area contributed by atoms with Gasteiger partial charge in [-0.25, -0.2) is 9.79 Å². The Morgan fingerprint density at radius 2 is 1.85 bits per heavy atom. The number of carboxylic acid groups (broad SMARTS) is 1. The van der Waals surface area contributed by atoms with E-state index < -0.39 is 5.97 Å². The Morgan fingerprint density at radius 1 is 1.15 bits per heavy atom. The summed E-state index contributed by atoms with van der Waals surface area (Å²) in [7, 11) is 1.65. The molecule has 0 unspecified atom stereocenters. The van der Waals surface area contributed by atoms with Gasteiger partial charge in [0, 0.05) is 10.6 Å². The third-order valence-electron chi connectivity index (χ3n) is 4.90. The van der Waals surface area contributed by atoms with E-state index in [9.17, 15) is 9.59 Å². The average Bonchev–Trinajstić information content (AvgIpc) is 3.07. The van der Waals surface area contributed by atoms with Gasteiger partial charge in [-0.15, -0.1) is 0 Å². The van der Waals surface area contributed by atoms with Crippen molar-refractivity contribution < 1.29 is 19.4 Å². The van der Waals surface area contributed by atoms with Gasteiger partial charge in [0.2, 0.25) is 0 Å². The lowest BCUT2D eigenvalue weighted by Gasteiger charge is -2.09. The molecule has 0 radical (unpaired) electrons. The van der Waals surface area contributed by atoms with Gasteiger partial charge in [0.15, 0.2) is 5.17 Å². The number of benzene rings is 3. The molecule has 0 bridgehead atoms. The lowest BCUT2D eigenvalue weighted by atomic mass is 10.2. The molecular weight excluding hydrogens is 587 g/mol. The van der Waals surface area contributed by atoms with Gasteiger partial charge < -0.3 is 9.84 Å². The smallest absolute Gasteiger partial charge is 0.335 e. The van der Waals surface area contributed by atoms with E-state index in [-0.39, 0.29) is 11.5 Å². The number of likely N-dealkylation sites (N-methyl/N-ethyl adjacent to an activating group) is 1. The molecule has 1 heterocycles. The summed E-state index contributed by atoms with van der Waals surface area (Å²) >= 11 is 9.92. The molecule has 1 saturated heterocycles. The second-order valence-electron chi connectivity index (χ2n) is 7.33. The molecule has 9 heteroatoms. The van der Waals surface area contributed by atoms with Crippen molar-refractivity contribution in [3.05, 3.63) is 96.9 Å². The van der Waals surface area contributed by atoms with Crippen LogP contribution in [-0.4, -0.2) is 34.1 Å². The van der Waals surface area contributed by atoms with Crippen LogP contribution in [0.4, 0.5) is 5.69 Å². The third kappa shape index (κ3) is 5.81. The van der Waals surface area contributed by atoms with E-state index >= 15 is 0 Å². The van der Waals surface area contributed by atoms with Crippen LogP contribution in [0.3, 0.4) is 0 Å². The van der Waals surface area contributed by atoms with E-state index in [4.69, 9.17) is 21.4 Å². The maximum absolute atomic E-state index is 12.7. The molecule has 0 atom stereocenters. The number of hydrogen-bond donors (Lipinski definition) is 1. The van der Waals surface area contributed by atoms with Gasteiger partial charge in [0.05, 0.1) is 21.2 Å². The molecule has 0 spiro atoms. The summed E-state index contributed by atoms with van der Waals surface area (Å²) in [4.78, 5) is 30.2. The summed E-state index contributed by atoms with van der Waals surface area (Å²) < 4.78 is 7.00. The largest absolute Gasteiger partial charge is 0.487 e. The molecule has 3 aromatic rings. The van der Waals surface area contributed by atoms with Gasteiger partial charge >= 0.3 is 5.97 Å². The van der Waals surface area contributed by atoms with E-state index in [2.05, 4.69) is 27.6 Å². The van der Waals surface area contributed by atoms with Crippen LogP contribution in [0, 0.1) is 3.57 Å². The topological polar surface area (TPSA) is 79.2 Å². The highest BCUT2D eigenvalue weighted by atomic mass is 127. The van der Waals surface area contributed by atoms with Crippen LogP contribution in [0.15, 0.2) is 76.6 Å². The number of nitrogens with zero attached hydrogens (tertiary/aromatic N) is 2. The molecule has 34 heavy (non-hydrogen) atoms. The Hall–Kier alpha value is -2.82.